The summed E-state index contributed by atoms with van der Waals surface area (Å²) >= 11 is 13.2. The maximum absolute atomic E-state index is 13.0. The van der Waals surface area contributed by atoms with Crippen LogP contribution in [-0.4, -0.2) is 46.3 Å². The van der Waals surface area contributed by atoms with Crippen molar-refractivity contribution in [2.75, 3.05) is 23.4 Å². The molecule has 5 rings (SSSR count). The summed E-state index contributed by atoms with van der Waals surface area (Å²) in [4.78, 5) is 53.5. The fraction of sp³-hybridized carbons (Fsp3) is 0.143. The number of hydrogen-bond donors (Lipinski definition) is 1. The van der Waals surface area contributed by atoms with E-state index in [0.29, 0.717) is 39.1 Å². The van der Waals surface area contributed by atoms with Crippen LogP contribution in [0.15, 0.2) is 91.4 Å². The van der Waals surface area contributed by atoms with Crippen molar-refractivity contribution in [3.8, 4) is 5.75 Å². The van der Waals surface area contributed by atoms with E-state index in [1.165, 1.54) is 29.0 Å². The van der Waals surface area contributed by atoms with Crippen LogP contribution in [0, 0.1) is 6.92 Å². The third-order valence-corrected chi connectivity index (χ3v) is 7.95. The molecule has 0 unspecified atom stereocenters. The zero-order valence-corrected chi connectivity index (χ0v) is 27.3. The molecule has 10 nitrogen and oxygen atoms in total. The Hall–Kier alpha value is -5.32. The van der Waals surface area contributed by atoms with Crippen LogP contribution >= 0.6 is 23.2 Å². The number of halogens is 2. The number of benzene rings is 2. The Labute approximate surface area is 281 Å². The van der Waals surface area contributed by atoms with Crippen LogP contribution in [0.25, 0.3) is 17.0 Å². The Morgan fingerprint density at radius 2 is 1.77 bits per heavy atom. The number of aromatic nitrogens is 3. The minimum atomic E-state index is -0.479. The standard InChI is InChI=1S/C35H30Cl2N6O4/c1-22-7-10-25-5-4-6-30(35(25)41-22)47-21-27-28(36)11-12-29(34(27)37)42(3)33(46)20-40-32(45)14-9-24-8-13-31(39-19-24)43(23(2)44)26-15-17-38-18-16-26/h4-19H,20-21H2,1-3H3,(H,40,45). The lowest BCUT2D eigenvalue weighted by molar-refractivity contribution is -0.122. The van der Waals surface area contributed by atoms with E-state index in [4.69, 9.17) is 27.9 Å². The van der Waals surface area contributed by atoms with Crippen molar-refractivity contribution in [2.45, 2.75) is 20.5 Å². The molecule has 1 N–H and O–H groups in total. The molecule has 5 aromatic rings. The van der Waals surface area contributed by atoms with Gasteiger partial charge in [-0.3, -0.25) is 24.3 Å². The molecular formula is C35H30Cl2N6O4. The Morgan fingerprint density at radius 1 is 0.979 bits per heavy atom. The number of amides is 3. The molecule has 12 heteroatoms. The highest BCUT2D eigenvalue weighted by Gasteiger charge is 2.20. The number of hydrogen-bond acceptors (Lipinski definition) is 7. The fourth-order valence-corrected chi connectivity index (χ4v) is 5.31. The quantitative estimate of drug-likeness (QED) is 0.165. The van der Waals surface area contributed by atoms with Crippen LogP contribution in [-0.2, 0) is 21.0 Å². The van der Waals surface area contributed by atoms with E-state index in [-0.39, 0.29) is 24.1 Å². The molecule has 0 saturated heterocycles. The second-order valence-electron chi connectivity index (χ2n) is 10.4. The van der Waals surface area contributed by atoms with Gasteiger partial charge in [-0.15, -0.1) is 0 Å². The highest BCUT2D eigenvalue weighted by Crippen LogP contribution is 2.35. The first-order chi connectivity index (χ1) is 22.6. The molecule has 2 aromatic carbocycles. The average molecular weight is 670 g/mol. The molecule has 0 bridgehead atoms. The normalized spacial score (nSPS) is 11.0. The number of rotatable bonds is 10. The lowest BCUT2D eigenvalue weighted by Gasteiger charge is -2.21. The van der Waals surface area contributed by atoms with Gasteiger partial charge in [0.15, 0.2) is 0 Å². The number of carbonyl (C=O) groups is 3. The maximum Gasteiger partial charge on any atom is 0.246 e. The lowest BCUT2D eigenvalue weighted by Crippen LogP contribution is -2.37. The zero-order valence-electron chi connectivity index (χ0n) is 25.8. The minimum Gasteiger partial charge on any atom is -0.487 e. The van der Waals surface area contributed by atoms with Crippen molar-refractivity contribution in [1.29, 1.82) is 0 Å². The number of anilines is 3. The number of ether oxygens (including phenoxy) is 1. The summed E-state index contributed by atoms with van der Waals surface area (Å²) in [5.74, 6) is -0.0796. The number of fused-ring (bicyclic) bond motifs is 1. The van der Waals surface area contributed by atoms with E-state index >= 15 is 0 Å². The van der Waals surface area contributed by atoms with Gasteiger partial charge in [-0.1, -0.05) is 41.4 Å². The van der Waals surface area contributed by atoms with Crippen LogP contribution in [0.5, 0.6) is 5.75 Å². The van der Waals surface area contributed by atoms with Crippen molar-refractivity contribution in [3.63, 3.8) is 0 Å². The van der Waals surface area contributed by atoms with Crippen molar-refractivity contribution >= 4 is 75.1 Å². The second-order valence-corrected chi connectivity index (χ2v) is 11.2. The monoisotopic (exact) mass is 668 g/mol. The van der Waals surface area contributed by atoms with E-state index in [2.05, 4.69) is 20.3 Å². The molecule has 0 atom stereocenters. The molecule has 0 radical (unpaired) electrons. The predicted molar refractivity (Wildman–Crippen MR) is 184 cm³/mol. The molecule has 3 aromatic heterocycles. The first kappa shape index (κ1) is 33.1. The van der Waals surface area contributed by atoms with Crippen LogP contribution in [0.4, 0.5) is 17.2 Å². The topological polar surface area (TPSA) is 118 Å². The highest BCUT2D eigenvalue weighted by atomic mass is 35.5. The lowest BCUT2D eigenvalue weighted by atomic mass is 10.1. The fourth-order valence-electron chi connectivity index (χ4n) is 4.70. The van der Waals surface area contributed by atoms with E-state index in [1.807, 2.05) is 37.3 Å². The molecule has 0 fully saturated rings. The Morgan fingerprint density at radius 3 is 2.49 bits per heavy atom. The third kappa shape index (κ3) is 7.92. The summed E-state index contributed by atoms with van der Waals surface area (Å²) in [5.41, 5.74) is 3.77. The number of pyridine rings is 3. The molecule has 0 saturated carbocycles. The molecule has 0 spiro atoms. The van der Waals surface area contributed by atoms with Crippen molar-refractivity contribution < 1.29 is 19.1 Å². The van der Waals surface area contributed by atoms with Crippen molar-refractivity contribution in [3.05, 3.63) is 118 Å². The highest BCUT2D eigenvalue weighted by molar-refractivity contribution is 6.38. The van der Waals surface area contributed by atoms with Crippen LogP contribution in [0.1, 0.15) is 23.7 Å². The summed E-state index contributed by atoms with van der Waals surface area (Å²) in [5, 5.41) is 4.17. The van der Waals surface area contributed by atoms with Crippen molar-refractivity contribution in [2.24, 2.45) is 0 Å². The predicted octanol–water partition coefficient (Wildman–Crippen LogP) is 6.70. The van der Waals surface area contributed by atoms with Gasteiger partial charge in [-0.2, -0.15) is 0 Å². The van der Waals surface area contributed by atoms with Gasteiger partial charge >= 0.3 is 0 Å². The van der Waals surface area contributed by atoms with E-state index in [1.54, 1.807) is 61.9 Å². The van der Waals surface area contributed by atoms with Gasteiger partial charge in [0, 0.05) is 60.3 Å². The van der Waals surface area contributed by atoms with E-state index < -0.39 is 11.8 Å². The molecule has 47 heavy (non-hydrogen) atoms. The summed E-state index contributed by atoms with van der Waals surface area (Å²) < 4.78 is 6.08. The average Bonchev–Trinajstić information content (AvgIpc) is 3.07. The van der Waals surface area contributed by atoms with Gasteiger partial charge in [0.05, 0.1) is 22.9 Å². The number of nitrogens with one attached hydrogen (secondary N) is 1. The molecule has 0 aliphatic rings. The number of likely N-dealkylation sites (N-methyl/N-ethyl adjacent to an activating group) is 1. The van der Waals surface area contributed by atoms with Gasteiger partial charge in [-0.05, 0) is 67.1 Å². The van der Waals surface area contributed by atoms with Crippen LogP contribution in [0.3, 0.4) is 0 Å². The summed E-state index contributed by atoms with van der Waals surface area (Å²) in [6, 6.07) is 19.7. The first-order valence-corrected chi connectivity index (χ1v) is 15.2. The first-order valence-electron chi connectivity index (χ1n) is 14.5. The molecular weight excluding hydrogens is 639 g/mol. The molecule has 238 valence electrons. The van der Waals surface area contributed by atoms with Gasteiger partial charge in [0.25, 0.3) is 0 Å². The molecule has 3 heterocycles. The van der Waals surface area contributed by atoms with Gasteiger partial charge in [-0.25, -0.2) is 9.97 Å². The largest absolute Gasteiger partial charge is 0.487 e. The summed E-state index contributed by atoms with van der Waals surface area (Å²) in [7, 11) is 1.56. The Bertz CT molecular complexity index is 1970. The molecule has 0 aliphatic heterocycles. The third-order valence-electron chi connectivity index (χ3n) is 7.17. The Balaban J connectivity index is 1.19. The van der Waals surface area contributed by atoms with Gasteiger partial charge in [0.2, 0.25) is 17.7 Å². The smallest absolute Gasteiger partial charge is 0.246 e. The Kier molecular flexibility index (Phi) is 10.4. The maximum atomic E-state index is 13.0. The molecule has 3 amide bonds. The summed E-state index contributed by atoms with van der Waals surface area (Å²) in [6.07, 6.45) is 7.57. The second kappa shape index (κ2) is 14.8. The van der Waals surface area contributed by atoms with Crippen LogP contribution in [0.2, 0.25) is 10.0 Å². The van der Waals surface area contributed by atoms with Gasteiger partial charge < -0.3 is 15.0 Å². The number of para-hydroxylation sites is 1. The van der Waals surface area contributed by atoms with E-state index in [9.17, 15) is 14.4 Å². The SMILES string of the molecule is CC(=O)N(c1ccncc1)c1ccc(C=CC(=O)NCC(=O)N(C)c2ccc(Cl)c(COc3cccc4ccc(C)nc34)c2Cl)cn1. The number of aryl methyl sites for hydroxylation is 1. The van der Waals surface area contributed by atoms with Gasteiger partial charge in [0.1, 0.15) is 23.7 Å². The number of carbonyl (C=O) groups excluding carboxylic acids is 3. The number of nitrogens with zero attached hydrogens (tertiary/aromatic N) is 5. The molecule has 0 aliphatic carbocycles. The minimum absolute atomic E-state index is 0.0517. The summed E-state index contributed by atoms with van der Waals surface area (Å²) in [6.45, 7) is 3.13. The van der Waals surface area contributed by atoms with Crippen LogP contribution < -0.4 is 19.9 Å². The van der Waals surface area contributed by atoms with Crippen molar-refractivity contribution in [1.82, 2.24) is 20.3 Å². The van der Waals surface area contributed by atoms with E-state index in [0.717, 1.165) is 16.6 Å². The zero-order chi connectivity index (χ0) is 33.5.